The summed E-state index contributed by atoms with van der Waals surface area (Å²) in [7, 11) is 3.15. The molecular formula is C22H28O4. The molecule has 0 aliphatic carbocycles. The molecule has 4 heteroatoms. The summed E-state index contributed by atoms with van der Waals surface area (Å²) in [6.07, 6.45) is 3.04. The Bertz CT molecular complexity index is 736. The van der Waals surface area contributed by atoms with Crippen LogP contribution in [0.4, 0.5) is 0 Å². The number of rotatable bonds is 9. The van der Waals surface area contributed by atoms with Gasteiger partial charge in [-0.15, -0.1) is 0 Å². The number of methoxy groups -OCH3 is 2. The molecule has 0 aromatic heterocycles. The molecule has 0 aliphatic heterocycles. The first-order valence-corrected chi connectivity index (χ1v) is 9.01. The molecule has 26 heavy (non-hydrogen) atoms. The number of carboxylic acids is 1. The van der Waals surface area contributed by atoms with E-state index in [1.54, 1.807) is 7.11 Å². The van der Waals surface area contributed by atoms with Crippen molar-refractivity contribution in [2.45, 2.75) is 39.5 Å². The third-order valence-corrected chi connectivity index (χ3v) is 4.56. The predicted molar refractivity (Wildman–Crippen MR) is 104 cm³/mol. The normalized spacial score (nSPS) is 10.8. The van der Waals surface area contributed by atoms with Gasteiger partial charge in [-0.1, -0.05) is 44.2 Å². The van der Waals surface area contributed by atoms with Gasteiger partial charge in [0, 0.05) is 5.56 Å². The van der Waals surface area contributed by atoms with Gasteiger partial charge in [-0.25, -0.2) is 4.79 Å². The second-order valence-corrected chi connectivity index (χ2v) is 6.85. The van der Waals surface area contributed by atoms with Crippen LogP contribution in [0.3, 0.4) is 0 Å². The zero-order valence-electron chi connectivity index (χ0n) is 16.0. The smallest absolute Gasteiger partial charge is 0.339 e. The minimum absolute atomic E-state index is 0.253. The Kier molecular flexibility index (Phi) is 7.07. The lowest BCUT2D eigenvalue weighted by molar-refractivity contribution is 0.0691. The van der Waals surface area contributed by atoms with Gasteiger partial charge in [0.2, 0.25) is 0 Å². The molecule has 1 N–H and O–H groups in total. The summed E-state index contributed by atoms with van der Waals surface area (Å²) in [5, 5.41) is 9.82. The molecule has 0 radical (unpaired) electrons. The van der Waals surface area contributed by atoms with Gasteiger partial charge >= 0.3 is 5.97 Å². The molecule has 0 saturated carbocycles. The van der Waals surface area contributed by atoms with Crippen LogP contribution < -0.4 is 9.47 Å². The summed E-state index contributed by atoms with van der Waals surface area (Å²) in [6, 6.07) is 11.9. The van der Waals surface area contributed by atoms with E-state index in [9.17, 15) is 9.90 Å². The second-order valence-electron chi connectivity index (χ2n) is 6.85. The highest BCUT2D eigenvalue weighted by molar-refractivity contribution is 5.94. The topological polar surface area (TPSA) is 55.8 Å². The van der Waals surface area contributed by atoms with E-state index < -0.39 is 5.97 Å². The van der Waals surface area contributed by atoms with Crippen molar-refractivity contribution in [1.82, 2.24) is 0 Å². The van der Waals surface area contributed by atoms with Crippen LogP contribution in [0.2, 0.25) is 0 Å². The third kappa shape index (κ3) is 4.78. The Labute approximate surface area is 155 Å². The fourth-order valence-corrected chi connectivity index (χ4v) is 3.16. The molecule has 0 saturated heterocycles. The first-order valence-electron chi connectivity index (χ1n) is 9.01. The SMILES string of the molecule is COc1cc(CCc2ccccc2)c(C(=O)O)c(OC)c1CCC(C)C. The Morgan fingerprint density at radius 3 is 2.27 bits per heavy atom. The van der Waals surface area contributed by atoms with Crippen LogP contribution in [0, 0.1) is 5.92 Å². The van der Waals surface area contributed by atoms with Crippen LogP contribution in [0.15, 0.2) is 36.4 Å². The van der Waals surface area contributed by atoms with Crippen molar-refractivity contribution in [1.29, 1.82) is 0 Å². The number of carbonyl (C=O) groups is 1. The van der Waals surface area contributed by atoms with E-state index in [2.05, 4.69) is 13.8 Å². The van der Waals surface area contributed by atoms with Crippen LogP contribution >= 0.6 is 0 Å². The van der Waals surface area contributed by atoms with Gasteiger partial charge in [0.1, 0.15) is 17.1 Å². The van der Waals surface area contributed by atoms with E-state index in [0.717, 1.165) is 30.4 Å². The number of carboxylic acid groups (broad SMARTS) is 1. The van der Waals surface area contributed by atoms with Crippen molar-refractivity contribution in [2.75, 3.05) is 14.2 Å². The molecule has 0 spiro atoms. The van der Waals surface area contributed by atoms with E-state index in [0.29, 0.717) is 23.8 Å². The first kappa shape index (κ1) is 19.8. The van der Waals surface area contributed by atoms with E-state index in [-0.39, 0.29) is 5.56 Å². The highest BCUT2D eigenvalue weighted by atomic mass is 16.5. The summed E-state index contributed by atoms with van der Waals surface area (Å²) < 4.78 is 11.1. The minimum atomic E-state index is -0.960. The Morgan fingerprint density at radius 2 is 1.73 bits per heavy atom. The van der Waals surface area contributed by atoms with Crippen LogP contribution in [0.1, 0.15) is 47.3 Å². The molecule has 0 unspecified atom stereocenters. The third-order valence-electron chi connectivity index (χ3n) is 4.56. The molecule has 2 aromatic carbocycles. The lowest BCUT2D eigenvalue weighted by Gasteiger charge is -2.19. The van der Waals surface area contributed by atoms with Crippen molar-refractivity contribution < 1.29 is 19.4 Å². The molecule has 0 atom stereocenters. The molecule has 140 valence electrons. The van der Waals surface area contributed by atoms with E-state index in [1.807, 2.05) is 36.4 Å². The molecule has 0 aliphatic rings. The molecule has 0 fully saturated rings. The van der Waals surface area contributed by atoms with E-state index in [4.69, 9.17) is 9.47 Å². The summed E-state index contributed by atoms with van der Waals surface area (Å²) >= 11 is 0. The lowest BCUT2D eigenvalue weighted by atomic mass is 9.93. The van der Waals surface area contributed by atoms with Gasteiger partial charge in [-0.05, 0) is 48.8 Å². The van der Waals surface area contributed by atoms with Crippen molar-refractivity contribution in [3.05, 3.63) is 58.7 Å². The van der Waals surface area contributed by atoms with Crippen molar-refractivity contribution in [2.24, 2.45) is 5.92 Å². The number of benzene rings is 2. The van der Waals surface area contributed by atoms with Gasteiger partial charge in [0.15, 0.2) is 0 Å². The molecule has 0 amide bonds. The Morgan fingerprint density at radius 1 is 1.04 bits per heavy atom. The largest absolute Gasteiger partial charge is 0.496 e. The van der Waals surface area contributed by atoms with Crippen LogP contribution in [-0.2, 0) is 19.3 Å². The number of ether oxygens (including phenoxy) is 2. The van der Waals surface area contributed by atoms with Gasteiger partial charge < -0.3 is 14.6 Å². The fourth-order valence-electron chi connectivity index (χ4n) is 3.16. The minimum Gasteiger partial charge on any atom is -0.496 e. The highest BCUT2D eigenvalue weighted by Crippen LogP contribution is 2.37. The quantitative estimate of drug-likeness (QED) is 0.703. The second kappa shape index (κ2) is 9.27. The zero-order valence-corrected chi connectivity index (χ0v) is 16.0. The van der Waals surface area contributed by atoms with Gasteiger partial charge in [-0.3, -0.25) is 0 Å². The van der Waals surface area contributed by atoms with Crippen LogP contribution in [0.25, 0.3) is 0 Å². The maximum Gasteiger partial charge on any atom is 0.339 e. The van der Waals surface area contributed by atoms with Crippen molar-refractivity contribution in [3.8, 4) is 11.5 Å². The van der Waals surface area contributed by atoms with Gasteiger partial charge in [0.05, 0.1) is 14.2 Å². The lowest BCUT2D eigenvalue weighted by Crippen LogP contribution is -2.11. The molecule has 0 bridgehead atoms. The molecule has 2 aromatic rings. The molecular weight excluding hydrogens is 328 g/mol. The fraction of sp³-hybridized carbons (Fsp3) is 0.409. The number of hydrogen-bond acceptors (Lipinski definition) is 3. The van der Waals surface area contributed by atoms with Crippen molar-refractivity contribution >= 4 is 5.97 Å². The first-order chi connectivity index (χ1) is 12.5. The standard InChI is InChI=1S/C22H28O4/c1-15(2)10-13-18-19(25-3)14-17(20(22(23)24)21(18)26-4)12-11-16-8-6-5-7-9-16/h5-9,14-15H,10-13H2,1-4H3,(H,23,24). The molecule has 0 heterocycles. The summed E-state index contributed by atoms with van der Waals surface area (Å²) in [5.74, 6) is 0.685. The predicted octanol–water partition coefficient (Wildman–Crippen LogP) is 4.78. The number of aryl methyl sites for hydroxylation is 2. The molecule has 4 nitrogen and oxygen atoms in total. The average Bonchev–Trinajstić information content (AvgIpc) is 2.64. The maximum absolute atomic E-state index is 12.0. The van der Waals surface area contributed by atoms with E-state index in [1.165, 1.54) is 12.7 Å². The summed E-state index contributed by atoms with van der Waals surface area (Å²) in [6.45, 7) is 4.29. The monoisotopic (exact) mass is 356 g/mol. The van der Waals surface area contributed by atoms with Crippen LogP contribution in [-0.4, -0.2) is 25.3 Å². The summed E-state index contributed by atoms with van der Waals surface area (Å²) in [5.41, 5.74) is 3.00. The number of hydrogen-bond donors (Lipinski definition) is 1. The van der Waals surface area contributed by atoms with E-state index >= 15 is 0 Å². The van der Waals surface area contributed by atoms with Gasteiger partial charge in [0.25, 0.3) is 0 Å². The Hall–Kier alpha value is -2.49. The van der Waals surface area contributed by atoms with Crippen molar-refractivity contribution in [3.63, 3.8) is 0 Å². The zero-order chi connectivity index (χ0) is 19.1. The van der Waals surface area contributed by atoms with Gasteiger partial charge in [-0.2, -0.15) is 0 Å². The molecule has 2 rings (SSSR count). The summed E-state index contributed by atoms with van der Waals surface area (Å²) in [4.78, 5) is 12.0. The highest BCUT2D eigenvalue weighted by Gasteiger charge is 2.24. The Balaban J connectivity index is 2.44. The average molecular weight is 356 g/mol. The maximum atomic E-state index is 12.0. The number of aromatic carboxylic acids is 1. The van der Waals surface area contributed by atoms with Crippen LogP contribution in [0.5, 0.6) is 11.5 Å².